The molecule has 1 aliphatic heterocycles. The van der Waals surface area contributed by atoms with Gasteiger partial charge in [-0.1, -0.05) is 12.1 Å². The van der Waals surface area contributed by atoms with Crippen LogP contribution >= 0.6 is 0 Å². The molecule has 5 N–H and O–H groups in total. The number of imidazole rings is 1. The van der Waals surface area contributed by atoms with E-state index < -0.39 is 18.8 Å². The first kappa shape index (κ1) is 35.8. The first-order valence-corrected chi connectivity index (χ1v) is 21.4. The van der Waals surface area contributed by atoms with E-state index in [-0.39, 0.29) is 11.6 Å². The molecule has 1 aliphatic rings. The van der Waals surface area contributed by atoms with Crippen LogP contribution in [0.4, 0.5) is 23.7 Å². The molecule has 4 aromatic rings. The topological polar surface area (TPSA) is 173 Å². The van der Waals surface area contributed by atoms with Crippen molar-refractivity contribution in [2.75, 3.05) is 25.0 Å². The summed E-state index contributed by atoms with van der Waals surface area (Å²) in [5.74, 6) is 0.731. The number of aryl methyl sites for hydroxylation is 1. The third-order valence-corrected chi connectivity index (χ3v) is 6.34. The number of alkyl halides is 3. The predicted octanol–water partition coefficient (Wildman–Crippen LogP) is 4.18. The van der Waals surface area contributed by atoms with Gasteiger partial charge in [-0.3, -0.25) is 0 Å². The van der Waals surface area contributed by atoms with Crippen molar-refractivity contribution in [1.82, 2.24) is 30.4 Å². The molecule has 1 aromatic carbocycles. The van der Waals surface area contributed by atoms with E-state index in [0.29, 0.717) is 42.1 Å². The van der Waals surface area contributed by atoms with Crippen molar-refractivity contribution in [3.8, 4) is 17.3 Å². The normalized spacial score (nSPS) is 14.4. The molecule has 1 fully saturated rings. The summed E-state index contributed by atoms with van der Waals surface area (Å²) in [7, 11) is 0. The SMILES string of the molecule is CC(N)/C(=C\NC1(CC#N)C[N-]C1)c1cnn2c(-c3cccc(NC(=O)NCC(F)(F)F)c3)cnc2c1.Cc1[c-]cno1.[Os]=[Os]. The average Bonchev–Trinajstić information content (AvgIpc) is 3.64. The van der Waals surface area contributed by atoms with Crippen molar-refractivity contribution in [2.45, 2.75) is 38.0 Å². The van der Waals surface area contributed by atoms with Crippen LogP contribution in [-0.4, -0.2) is 63.2 Å². The number of carbonyl (C=O) groups excluding carboxylic acids is 1. The van der Waals surface area contributed by atoms with Gasteiger partial charge in [0.05, 0.1) is 30.6 Å². The van der Waals surface area contributed by atoms with E-state index in [2.05, 4.69) is 47.8 Å². The quantitative estimate of drug-likeness (QED) is 0.191. The molecule has 0 bridgehead atoms. The summed E-state index contributed by atoms with van der Waals surface area (Å²) in [6, 6.07) is 12.1. The van der Waals surface area contributed by atoms with Gasteiger partial charge in [0.25, 0.3) is 0 Å². The second kappa shape index (κ2) is 16.6. The van der Waals surface area contributed by atoms with E-state index in [1.165, 1.54) is 6.20 Å². The van der Waals surface area contributed by atoms with Gasteiger partial charge in [-0.25, -0.2) is 14.3 Å². The number of hydrogen-bond donors (Lipinski definition) is 4. The summed E-state index contributed by atoms with van der Waals surface area (Å²) in [6.45, 7) is 3.33. The number of nitriles is 1. The van der Waals surface area contributed by atoms with Crippen molar-refractivity contribution in [1.29, 1.82) is 5.26 Å². The van der Waals surface area contributed by atoms with Gasteiger partial charge in [-0.05, 0) is 43.4 Å². The fourth-order valence-electron chi connectivity index (χ4n) is 4.09. The zero-order valence-electron chi connectivity index (χ0n) is 24.0. The zero-order chi connectivity index (χ0) is 33.0. The van der Waals surface area contributed by atoms with Crippen LogP contribution in [0.15, 0.2) is 59.6 Å². The van der Waals surface area contributed by atoms with Crippen molar-refractivity contribution in [2.24, 2.45) is 5.73 Å². The maximum absolute atomic E-state index is 12.3. The van der Waals surface area contributed by atoms with Crippen molar-refractivity contribution in [3.05, 3.63) is 77.8 Å². The van der Waals surface area contributed by atoms with E-state index in [1.807, 2.05) is 50.0 Å². The molecule has 0 saturated carbocycles. The Balaban J connectivity index is 0.000000608. The molecule has 12 nitrogen and oxygen atoms in total. The second-order valence-corrected chi connectivity index (χ2v) is 9.88. The number of anilines is 1. The fraction of sp³-hybridized carbons (Fsp3) is 0.321. The number of halogens is 3. The van der Waals surface area contributed by atoms with Crippen LogP contribution in [0.2, 0.25) is 0 Å². The van der Waals surface area contributed by atoms with Gasteiger partial charge < -0.3 is 37.6 Å². The Morgan fingerprint density at radius 1 is 1.33 bits per heavy atom. The standard InChI is InChI=1S/C24H25F3N9O.C4H4NO.2Os/c1-15(29)19(10-33-23(5-6-28)12-30-13-23)17-8-21-31-11-20(36(21)34-9-17)16-3-2-4-18(7-16)35-22(37)32-14-24(25,26)27;1-4-2-3-5-6-4;;/h2-4,7-11,15,33H,5,12-14,29H2,1H3,(H2,32,35,37);3H,1H3;;/q2*-1;;/b19-10+;;;. The number of nitrogens with zero attached hydrogens (tertiary/aromatic N) is 6. The number of benzene rings is 1. The molecule has 2 amide bonds. The minimum absolute atomic E-state index is 0.311. The number of urea groups is 1. The molecule has 0 aliphatic carbocycles. The average molecular weight is 975 g/mol. The molecule has 17 heteroatoms. The van der Waals surface area contributed by atoms with Gasteiger partial charge in [0, 0.05) is 34.6 Å². The van der Waals surface area contributed by atoms with E-state index >= 15 is 0 Å². The zero-order valence-corrected chi connectivity index (χ0v) is 29.1. The number of carbonyl (C=O) groups is 1. The molecule has 1 atom stereocenters. The number of amides is 2. The van der Waals surface area contributed by atoms with Crippen LogP contribution in [-0.2, 0) is 30.8 Å². The van der Waals surface area contributed by atoms with Crippen molar-refractivity contribution in [3.63, 3.8) is 0 Å². The Hall–Kier alpha value is -3.67. The Kier molecular flexibility index (Phi) is 13.2. The Morgan fingerprint density at radius 3 is 2.64 bits per heavy atom. The predicted molar refractivity (Wildman–Crippen MR) is 152 cm³/mol. The van der Waals surface area contributed by atoms with Crippen molar-refractivity contribution < 1.29 is 53.3 Å². The molecule has 1 saturated heterocycles. The van der Waals surface area contributed by atoms with E-state index in [1.54, 1.807) is 53.4 Å². The summed E-state index contributed by atoms with van der Waals surface area (Å²) in [6.07, 6.45) is 2.41. The summed E-state index contributed by atoms with van der Waals surface area (Å²) in [4.78, 5) is 16.2. The van der Waals surface area contributed by atoms with Gasteiger partial charge in [0.1, 0.15) is 6.54 Å². The van der Waals surface area contributed by atoms with Gasteiger partial charge in [0.2, 0.25) is 0 Å². The summed E-state index contributed by atoms with van der Waals surface area (Å²) in [5.41, 5.74) is 9.52. The molecule has 5 rings (SSSR count). The third kappa shape index (κ3) is 10.4. The summed E-state index contributed by atoms with van der Waals surface area (Å²) < 4.78 is 43.1. The van der Waals surface area contributed by atoms with Crippen LogP contribution in [0, 0.1) is 24.3 Å². The summed E-state index contributed by atoms with van der Waals surface area (Å²) >= 11 is 3.78. The van der Waals surface area contributed by atoms with Crippen LogP contribution in [0.25, 0.3) is 27.8 Å². The van der Waals surface area contributed by atoms with E-state index in [0.717, 1.165) is 16.9 Å². The molecular weight excluding hydrogens is 946 g/mol. The molecule has 1 unspecified atom stereocenters. The molecule has 242 valence electrons. The molecule has 3 aromatic heterocycles. The molecule has 4 heterocycles. The minimum atomic E-state index is -4.50. The third-order valence-electron chi connectivity index (χ3n) is 6.34. The first-order chi connectivity index (χ1) is 21.5. The maximum atomic E-state index is 12.3. The van der Waals surface area contributed by atoms with Crippen LogP contribution in [0.5, 0.6) is 0 Å². The van der Waals surface area contributed by atoms with E-state index in [4.69, 9.17) is 11.0 Å². The summed E-state index contributed by atoms with van der Waals surface area (Å²) in [5, 5.41) is 28.7. The van der Waals surface area contributed by atoms with Gasteiger partial charge in [-0.2, -0.15) is 23.5 Å². The number of aromatic nitrogens is 4. The van der Waals surface area contributed by atoms with Gasteiger partial charge in [-0.15, -0.1) is 24.4 Å². The van der Waals surface area contributed by atoms with Crippen LogP contribution in [0.3, 0.4) is 0 Å². The first-order valence-electron chi connectivity index (χ1n) is 13.2. The molecule has 0 spiro atoms. The molecule has 0 radical (unpaired) electrons. The Bertz CT molecular complexity index is 1630. The van der Waals surface area contributed by atoms with E-state index in [9.17, 15) is 18.0 Å². The number of nitrogens with one attached hydrogen (secondary N) is 3. The van der Waals surface area contributed by atoms with Crippen molar-refractivity contribution >= 4 is 22.9 Å². The Labute approximate surface area is 274 Å². The molecular formula is C28H29F3N10O2Os2-2. The number of rotatable bonds is 8. The second-order valence-electron chi connectivity index (χ2n) is 9.88. The monoisotopic (exact) mass is 978 g/mol. The van der Waals surface area contributed by atoms with Crippen LogP contribution in [0.1, 0.15) is 24.7 Å². The number of hydrogen-bond acceptors (Lipinski definition) is 8. The van der Waals surface area contributed by atoms with Gasteiger partial charge >= 0.3 is 43.1 Å². The molecule has 45 heavy (non-hydrogen) atoms. The van der Waals surface area contributed by atoms with Crippen LogP contribution < -0.4 is 21.7 Å². The fourth-order valence-corrected chi connectivity index (χ4v) is 4.09. The van der Waals surface area contributed by atoms with Gasteiger partial charge in [0.15, 0.2) is 5.65 Å². The Morgan fingerprint density at radius 2 is 2.09 bits per heavy atom. The number of nitrogens with two attached hydrogens (primary N) is 1. The number of fused-ring (bicyclic) bond motifs is 1.